The van der Waals surface area contributed by atoms with Gasteiger partial charge in [0, 0.05) is 0 Å². The van der Waals surface area contributed by atoms with Crippen LogP contribution >= 0.6 is 0 Å². The maximum atomic E-state index is 11.7. The predicted molar refractivity (Wildman–Crippen MR) is 50.2 cm³/mol. The molecule has 0 N–H and O–H groups in total. The van der Waals surface area contributed by atoms with E-state index in [0.29, 0.717) is 0 Å². The summed E-state index contributed by atoms with van der Waals surface area (Å²) in [5.41, 5.74) is 0. The Kier molecular flexibility index (Phi) is 2.48. The molecule has 2 aromatic heterocycles. The zero-order valence-electron chi connectivity index (χ0n) is 6.19. The second-order valence-electron chi connectivity index (χ2n) is 2.28. The second kappa shape index (κ2) is 3.59. The van der Waals surface area contributed by atoms with Crippen LogP contribution in [0.4, 0.5) is 0 Å². The average Bonchev–Trinajstić information content (AvgIpc) is 2.77. The molecular weight excluding hydrogens is 282 g/mol. The van der Waals surface area contributed by atoms with E-state index >= 15 is 0 Å². The third kappa shape index (κ3) is 1.55. The molecule has 1 nitrogen and oxygen atoms in total. The average molecular weight is 288 g/mol. The Hall–Kier alpha value is -0.331. The third-order valence-electron chi connectivity index (χ3n) is 1.49. The van der Waals surface area contributed by atoms with Gasteiger partial charge in [-0.1, -0.05) is 0 Å². The fraction of sp³-hybridized carbons (Fsp3) is 0. The molecule has 0 aromatic carbocycles. The molecule has 2 aromatic rings. The van der Waals surface area contributed by atoms with E-state index in [4.69, 9.17) is 0 Å². The van der Waals surface area contributed by atoms with E-state index in [1.807, 2.05) is 24.3 Å². The number of rotatable bonds is 2. The van der Waals surface area contributed by atoms with Crippen molar-refractivity contribution in [3.05, 3.63) is 43.0 Å². The molecule has 60 valence electrons. The first-order chi connectivity index (χ1) is 5.88. The first kappa shape index (κ1) is 8.28. The molecule has 0 aliphatic rings. The molecule has 0 saturated heterocycles. The summed E-state index contributed by atoms with van der Waals surface area (Å²) in [6, 6.07) is 7.83. The van der Waals surface area contributed by atoms with Gasteiger partial charge in [0.15, 0.2) is 0 Å². The molecule has 0 amide bonds. The van der Waals surface area contributed by atoms with Gasteiger partial charge in [0.1, 0.15) is 0 Å². The standard InChI is InChI=1S/C9H6OSe2/c10-9(7-3-1-5-11-7)8-4-2-6-12-8/h1-6H. The van der Waals surface area contributed by atoms with Gasteiger partial charge in [-0.05, 0) is 0 Å². The quantitative estimate of drug-likeness (QED) is 0.596. The van der Waals surface area contributed by atoms with Gasteiger partial charge >= 0.3 is 82.6 Å². The summed E-state index contributed by atoms with van der Waals surface area (Å²) in [4.78, 5) is 15.8. The van der Waals surface area contributed by atoms with Gasteiger partial charge < -0.3 is 0 Å². The molecule has 0 unspecified atom stereocenters. The fourth-order valence-corrected chi connectivity index (χ4v) is 4.11. The summed E-state index contributed by atoms with van der Waals surface area (Å²) in [6.07, 6.45) is 0. The third-order valence-corrected chi connectivity index (χ3v) is 5.13. The van der Waals surface area contributed by atoms with Gasteiger partial charge in [-0.2, -0.15) is 0 Å². The summed E-state index contributed by atoms with van der Waals surface area (Å²) >= 11 is 0.577. The molecule has 2 rings (SSSR count). The molecular formula is C9H6OSe2. The van der Waals surface area contributed by atoms with Gasteiger partial charge in [0.05, 0.1) is 0 Å². The zero-order valence-corrected chi connectivity index (χ0v) is 9.61. The van der Waals surface area contributed by atoms with Crippen molar-refractivity contribution in [2.45, 2.75) is 0 Å². The Labute approximate surface area is 82.5 Å². The van der Waals surface area contributed by atoms with E-state index in [2.05, 4.69) is 9.88 Å². The van der Waals surface area contributed by atoms with Gasteiger partial charge in [0.2, 0.25) is 0 Å². The Morgan fingerprint density at radius 3 is 1.83 bits per heavy atom. The number of hydrogen-bond acceptors (Lipinski definition) is 1. The van der Waals surface area contributed by atoms with Crippen LogP contribution in [0.15, 0.2) is 34.1 Å². The molecule has 0 aliphatic carbocycles. The molecule has 0 saturated carbocycles. The minimum atomic E-state index is 0.269. The number of carbonyl (C=O) groups is 1. The van der Waals surface area contributed by atoms with E-state index in [1.165, 1.54) is 0 Å². The van der Waals surface area contributed by atoms with Crippen LogP contribution in [0.1, 0.15) is 13.7 Å². The first-order valence-electron chi connectivity index (χ1n) is 3.49. The van der Waals surface area contributed by atoms with Crippen molar-refractivity contribution in [2.24, 2.45) is 0 Å². The summed E-state index contributed by atoms with van der Waals surface area (Å²) in [5.74, 6) is 0.269. The Balaban J connectivity index is 2.34. The Morgan fingerprint density at radius 1 is 1.00 bits per heavy atom. The first-order valence-corrected chi connectivity index (χ1v) is 7.19. The van der Waals surface area contributed by atoms with Crippen LogP contribution in [0, 0.1) is 0 Å². The predicted octanol–water partition coefficient (Wildman–Crippen LogP) is 1.03. The Bertz CT molecular complexity index is 323. The van der Waals surface area contributed by atoms with E-state index in [1.54, 1.807) is 0 Å². The molecule has 0 aliphatic heterocycles. The molecule has 0 bridgehead atoms. The molecule has 0 fully saturated rings. The van der Waals surface area contributed by atoms with Crippen molar-refractivity contribution in [3.8, 4) is 0 Å². The SMILES string of the molecule is O=C(c1ccc[se]1)c1ccc[se]1. The summed E-state index contributed by atoms with van der Waals surface area (Å²) in [6.45, 7) is 0. The zero-order chi connectivity index (χ0) is 8.39. The van der Waals surface area contributed by atoms with Crippen molar-refractivity contribution < 1.29 is 4.79 Å². The second-order valence-corrected chi connectivity index (χ2v) is 6.26. The van der Waals surface area contributed by atoms with E-state index in [-0.39, 0.29) is 34.8 Å². The van der Waals surface area contributed by atoms with Crippen LogP contribution < -0.4 is 0 Å². The van der Waals surface area contributed by atoms with Crippen LogP contribution in [0.3, 0.4) is 0 Å². The van der Waals surface area contributed by atoms with Crippen molar-refractivity contribution in [1.82, 2.24) is 0 Å². The molecule has 0 spiro atoms. The van der Waals surface area contributed by atoms with Gasteiger partial charge in [-0.3, -0.25) is 0 Å². The summed E-state index contributed by atoms with van der Waals surface area (Å²) in [5, 5.41) is 0. The van der Waals surface area contributed by atoms with Crippen LogP contribution in [0.5, 0.6) is 0 Å². The minimum absolute atomic E-state index is 0.269. The van der Waals surface area contributed by atoms with Gasteiger partial charge in [-0.25, -0.2) is 0 Å². The van der Waals surface area contributed by atoms with Crippen molar-refractivity contribution >= 4 is 34.8 Å². The maximum absolute atomic E-state index is 11.7. The Morgan fingerprint density at radius 2 is 1.50 bits per heavy atom. The number of carbonyl (C=O) groups excluding carboxylic acids is 1. The molecule has 0 atom stereocenters. The number of ketones is 1. The van der Waals surface area contributed by atoms with Crippen LogP contribution in [0.2, 0.25) is 0 Å². The van der Waals surface area contributed by atoms with Crippen LogP contribution in [-0.2, 0) is 0 Å². The fourth-order valence-electron chi connectivity index (χ4n) is 0.937. The topological polar surface area (TPSA) is 17.1 Å². The van der Waals surface area contributed by atoms with Crippen molar-refractivity contribution in [2.75, 3.05) is 0 Å². The van der Waals surface area contributed by atoms with Crippen LogP contribution in [0.25, 0.3) is 0 Å². The van der Waals surface area contributed by atoms with Crippen LogP contribution in [-0.4, -0.2) is 34.8 Å². The van der Waals surface area contributed by atoms with E-state index in [0.717, 1.165) is 8.87 Å². The van der Waals surface area contributed by atoms with Crippen molar-refractivity contribution in [1.29, 1.82) is 0 Å². The van der Waals surface area contributed by atoms with Gasteiger partial charge in [-0.15, -0.1) is 0 Å². The molecule has 0 radical (unpaired) electrons. The molecule has 3 heteroatoms. The van der Waals surface area contributed by atoms with E-state index in [9.17, 15) is 4.79 Å². The molecule has 2 heterocycles. The summed E-state index contributed by atoms with van der Waals surface area (Å²) < 4.78 is 2.00. The summed E-state index contributed by atoms with van der Waals surface area (Å²) in [7, 11) is 0. The van der Waals surface area contributed by atoms with Gasteiger partial charge in [0.25, 0.3) is 0 Å². The normalized spacial score (nSPS) is 10.0. The van der Waals surface area contributed by atoms with Crippen molar-refractivity contribution in [3.63, 3.8) is 0 Å². The molecule has 12 heavy (non-hydrogen) atoms. The monoisotopic (exact) mass is 290 g/mol. The number of hydrogen-bond donors (Lipinski definition) is 0. The van der Waals surface area contributed by atoms with E-state index < -0.39 is 0 Å².